The quantitative estimate of drug-likeness (QED) is 0.365. The van der Waals surface area contributed by atoms with E-state index in [2.05, 4.69) is 10.9 Å². The molecule has 0 aromatic heterocycles. The molecule has 0 atom stereocenters. The molecule has 164 valence electrons. The van der Waals surface area contributed by atoms with E-state index >= 15 is 0 Å². The number of nitro groups is 1. The lowest BCUT2D eigenvalue weighted by Crippen LogP contribution is -2.48. The highest BCUT2D eigenvalue weighted by molar-refractivity contribution is 8.00. The number of nitro benzene ring substituents is 1. The van der Waals surface area contributed by atoms with Crippen LogP contribution in [0.15, 0.2) is 47.4 Å². The number of rotatable bonds is 6. The first-order valence-electron chi connectivity index (χ1n) is 9.50. The Morgan fingerprint density at radius 1 is 1.13 bits per heavy atom. The van der Waals surface area contributed by atoms with E-state index in [1.54, 1.807) is 36.4 Å². The summed E-state index contributed by atoms with van der Waals surface area (Å²) in [5, 5.41) is 12.2. The highest BCUT2D eigenvalue weighted by Crippen LogP contribution is 2.31. The fourth-order valence-electron chi connectivity index (χ4n) is 3.27. The Balaban J connectivity index is 1.44. The molecule has 0 saturated carbocycles. The minimum atomic E-state index is -0.405. The number of carbonyl (C=O) groups is 2. The van der Waals surface area contributed by atoms with Gasteiger partial charge in [-0.3, -0.25) is 30.6 Å². The van der Waals surface area contributed by atoms with Crippen LogP contribution in [0.2, 0.25) is 10.0 Å². The zero-order chi connectivity index (χ0) is 22.4. The molecule has 0 aliphatic carbocycles. The molecule has 11 heteroatoms. The number of halogens is 2. The van der Waals surface area contributed by atoms with Gasteiger partial charge in [-0.05, 0) is 37.1 Å². The van der Waals surface area contributed by atoms with E-state index in [9.17, 15) is 19.7 Å². The number of benzene rings is 2. The predicted octanol–water partition coefficient (Wildman–Crippen LogP) is 4.06. The number of para-hydroxylation sites is 2. The number of carbonyl (C=O) groups excluding carboxylic acids is 2. The monoisotopic (exact) mass is 482 g/mol. The Labute approximate surface area is 193 Å². The molecule has 0 unspecified atom stereocenters. The van der Waals surface area contributed by atoms with E-state index in [1.165, 1.54) is 17.8 Å². The van der Waals surface area contributed by atoms with Crippen LogP contribution < -0.4 is 15.8 Å². The molecule has 1 aliphatic heterocycles. The summed E-state index contributed by atoms with van der Waals surface area (Å²) in [5.41, 5.74) is 5.48. The summed E-state index contributed by atoms with van der Waals surface area (Å²) in [4.78, 5) is 37.8. The summed E-state index contributed by atoms with van der Waals surface area (Å²) in [6, 6.07) is 11.6. The number of amides is 2. The fourth-order valence-corrected chi connectivity index (χ4v) is 4.56. The average molecular weight is 483 g/mol. The molecule has 1 heterocycles. The lowest BCUT2D eigenvalue weighted by atomic mass is 9.95. The van der Waals surface area contributed by atoms with Gasteiger partial charge in [-0.1, -0.05) is 35.3 Å². The van der Waals surface area contributed by atoms with Crippen LogP contribution >= 0.6 is 35.0 Å². The first-order chi connectivity index (χ1) is 14.8. The highest BCUT2D eigenvalue weighted by atomic mass is 35.5. The highest BCUT2D eigenvalue weighted by Gasteiger charge is 2.28. The fraction of sp³-hybridized carbons (Fsp3) is 0.300. The largest absolute Gasteiger partial charge is 0.366 e. The van der Waals surface area contributed by atoms with Crippen molar-refractivity contribution < 1.29 is 14.5 Å². The van der Waals surface area contributed by atoms with Crippen molar-refractivity contribution in [1.29, 1.82) is 0 Å². The molecule has 1 aliphatic rings. The second-order valence-corrected chi connectivity index (χ2v) is 8.77. The van der Waals surface area contributed by atoms with Crippen LogP contribution in [0.4, 0.5) is 11.4 Å². The molecule has 2 N–H and O–H groups in total. The van der Waals surface area contributed by atoms with Crippen LogP contribution in [-0.4, -0.2) is 35.6 Å². The average Bonchev–Trinajstić information content (AvgIpc) is 2.78. The molecule has 3 rings (SSSR count). The molecule has 0 spiro atoms. The Morgan fingerprint density at radius 3 is 2.55 bits per heavy atom. The molecule has 0 radical (unpaired) electrons. The molecule has 2 aromatic carbocycles. The molecule has 8 nitrogen and oxygen atoms in total. The van der Waals surface area contributed by atoms with E-state index < -0.39 is 4.92 Å². The molecular formula is C20H20Cl2N4O4S. The molecule has 2 amide bonds. The molecular weight excluding hydrogens is 463 g/mol. The van der Waals surface area contributed by atoms with Crippen LogP contribution in [0.3, 0.4) is 0 Å². The lowest BCUT2D eigenvalue weighted by molar-refractivity contribution is -0.384. The SMILES string of the molecule is O=C(CSc1cc(Cl)ccc1Cl)NNC(=O)C1CCN(c2ccccc2[N+](=O)[O-])CC1. The van der Waals surface area contributed by atoms with Gasteiger partial charge in [0.25, 0.3) is 5.69 Å². The number of anilines is 1. The van der Waals surface area contributed by atoms with Crippen LogP contribution in [0, 0.1) is 16.0 Å². The minimum absolute atomic E-state index is 0.0509. The van der Waals surface area contributed by atoms with Crippen molar-refractivity contribution in [2.75, 3.05) is 23.7 Å². The lowest BCUT2D eigenvalue weighted by Gasteiger charge is -2.32. The molecule has 0 bridgehead atoms. The van der Waals surface area contributed by atoms with Crippen molar-refractivity contribution in [2.45, 2.75) is 17.7 Å². The van der Waals surface area contributed by atoms with Crippen LogP contribution in [0.5, 0.6) is 0 Å². The number of piperidine rings is 1. The van der Waals surface area contributed by atoms with Gasteiger partial charge in [0, 0.05) is 35.0 Å². The molecule has 1 saturated heterocycles. The molecule has 31 heavy (non-hydrogen) atoms. The van der Waals surface area contributed by atoms with Crippen molar-refractivity contribution >= 4 is 58.2 Å². The number of hydrogen-bond donors (Lipinski definition) is 2. The van der Waals surface area contributed by atoms with Gasteiger partial charge in [-0.2, -0.15) is 0 Å². The van der Waals surface area contributed by atoms with Gasteiger partial charge >= 0.3 is 0 Å². The summed E-state index contributed by atoms with van der Waals surface area (Å²) < 4.78 is 0. The zero-order valence-corrected chi connectivity index (χ0v) is 18.7. The van der Waals surface area contributed by atoms with Crippen molar-refractivity contribution in [2.24, 2.45) is 5.92 Å². The van der Waals surface area contributed by atoms with E-state index in [0.717, 1.165) is 0 Å². The second kappa shape index (κ2) is 10.7. The summed E-state index contributed by atoms with van der Waals surface area (Å²) in [7, 11) is 0. The number of hydrazine groups is 1. The van der Waals surface area contributed by atoms with Crippen molar-refractivity contribution in [3.63, 3.8) is 0 Å². The molecule has 2 aromatic rings. The van der Waals surface area contributed by atoms with Gasteiger partial charge in [-0.25, -0.2) is 0 Å². The van der Waals surface area contributed by atoms with Gasteiger partial charge in [-0.15, -0.1) is 11.8 Å². The summed E-state index contributed by atoms with van der Waals surface area (Å²) >= 11 is 13.2. The van der Waals surface area contributed by atoms with E-state index in [0.29, 0.717) is 46.6 Å². The van der Waals surface area contributed by atoms with Crippen molar-refractivity contribution in [3.8, 4) is 0 Å². The number of nitrogens with zero attached hydrogens (tertiary/aromatic N) is 2. The Hall–Kier alpha value is -2.49. The summed E-state index contributed by atoms with van der Waals surface area (Å²) in [6.07, 6.45) is 1.06. The minimum Gasteiger partial charge on any atom is -0.366 e. The van der Waals surface area contributed by atoms with Crippen LogP contribution in [-0.2, 0) is 9.59 Å². The number of hydrogen-bond acceptors (Lipinski definition) is 6. The van der Waals surface area contributed by atoms with Gasteiger partial charge in [0.1, 0.15) is 5.69 Å². The molecule has 1 fully saturated rings. The first kappa shape index (κ1) is 23.2. The summed E-state index contributed by atoms with van der Waals surface area (Å²) in [5.74, 6) is -0.862. The first-order valence-corrected chi connectivity index (χ1v) is 11.2. The van der Waals surface area contributed by atoms with Gasteiger partial charge in [0.2, 0.25) is 11.8 Å². The Morgan fingerprint density at radius 2 is 1.84 bits per heavy atom. The zero-order valence-electron chi connectivity index (χ0n) is 16.3. The van der Waals surface area contributed by atoms with Gasteiger partial charge in [0.05, 0.1) is 15.7 Å². The third-order valence-corrected chi connectivity index (χ3v) is 6.59. The Bertz CT molecular complexity index is 983. The standard InChI is InChI=1S/C20H20Cl2N4O4S/c21-14-5-6-15(22)18(11-14)31-12-19(27)23-24-20(28)13-7-9-25(10-8-13)16-3-1-2-4-17(16)26(29)30/h1-6,11,13H,7-10,12H2,(H,23,27)(H,24,28). The smallest absolute Gasteiger partial charge is 0.292 e. The van der Waals surface area contributed by atoms with Crippen molar-refractivity contribution in [1.82, 2.24) is 10.9 Å². The maximum absolute atomic E-state index is 12.4. The van der Waals surface area contributed by atoms with E-state index in [1.807, 2.05) is 4.90 Å². The maximum atomic E-state index is 12.4. The predicted molar refractivity (Wildman–Crippen MR) is 122 cm³/mol. The van der Waals surface area contributed by atoms with Crippen LogP contribution in [0.25, 0.3) is 0 Å². The third-order valence-electron chi connectivity index (χ3n) is 4.86. The van der Waals surface area contributed by atoms with Gasteiger partial charge < -0.3 is 4.90 Å². The second-order valence-electron chi connectivity index (χ2n) is 6.91. The number of thioether (sulfide) groups is 1. The van der Waals surface area contributed by atoms with Crippen LogP contribution in [0.1, 0.15) is 12.8 Å². The number of nitrogens with one attached hydrogen (secondary N) is 2. The topological polar surface area (TPSA) is 105 Å². The van der Waals surface area contributed by atoms with Crippen molar-refractivity contribution in [3.05, 3.63) is 62.6 Å². The maximum Gasteiger partial charge on any atom is 0.292 e. The normalized spacial score (nSPS) is 14.2. The Kier molecular flexibility index (Phi) is 8.00. The van der Waals surface area contributed by atoms with E-state index in [-0.39, 0.29) is 29.2 Å². The third kappa shape index (κ3) is 6.25. The summed E-state index contributed by atoms with van der Waals surface area (Å²) in [6.45, 7) is 1.03. The van der Waals surface area contributed by atoms with E-state index in [4.69, 9.17) is 23.2 Å². The van der Waals surface area contributed by atoms with Gasteiger partial charge in [0.15, 0.2) is 0 Å².